The average Bonchev–Trinajstić information content (AvgIpc) is 2.68. The zero-order valence-corrected chi connectivity index (χ0v) is 21.3. The predicted molar refractivity (Wildman–Crippen MR) is 133 cm³/mol. The van der Waals surface area contributed by atoms with Gasteiger partial charge in [0.05, 0.1) is 0 Å². The molecular weight excluding hydrogens is 368 g/mol. The maximum atomic E-state index is 12.2. The lowest BCUT2D eigenvalue weighted by Gasteiger charge is -2.28. The summed E-state index contributed by atoms with van der Waals surface area (Å²) in [6.45, 7) is 10.9. The molecule has 0 bridgehead atoms. The Morgan fingerprint density at radius 2 is 1.27 bits per heavy atom. The number of unbranched alkanes of at least 4 members (excludes halogenated alkanes) is 12. The van der Waals surface area contributed by atoms with Gasteiger partial charge in [-0.1, -0.05) is 104 Å². The molecule has 0 amide bonds. The van der Waals surface area contributed by atoms with Crippen LogP contribution < -0.4 is 0 Å². The van der Waals surface area contributed by atoms with Crippen molar-refractivity contribution in [2.45, 2.75) is 156 Å². The Kier molecular flexibility index (Phi) is 19.6. The molecule has 0 aromatic heterocycles. The first-order valence-electron chi connectivity index (χ1n) is 13.3. The second kappa shape index (κ2) is 20.1. The number of rotatable bonds is 21. The van der Waals surface area contributed by atoms with Crippen molar-refractivity contribution in [1.82, 2.24) is 0 Å². The SMILES string of the molecule is CCCCCCCC/C=C/CCCCCCCC(=O)OC(C)(C)CC(C)CCCC. The highest BCUT2D eigenvalue weighted by atomic mass is 16.6. The van der Waals surface area contributed by atoms with Gasteiger partial charge in [0.25, 0.3) is 0 Å². The quantitative estimate of drug-likeness (QED) is 0.104. The summed E-state index contributed by atoms with van der Waals surface area (Å²) in [7, 11) is 0. The molecule has 2 heteroatoms. The molecule has 30 heavy (non-hydrogen) atoms. The predicted octanol–water partition coefficient (Wildman–Crippen LogP) is 9.56. The molecule has 178 valence electrons. The molecule has 0 radical (unpaired) electrons. The maximum Gasteiger partial charge on any atom is 0.306 e. The van der Waals surface area contributed by atoms with Crippen LogP contribution in [0.25, 0.3) is 0 Å². The van der Waals surface area contributed by atoms with E-state index in [0.717, 1.165) is 19.3 Å². The standard InChI is InChI=1S/C28H54O2/c1-6-8-10-11-12-13-14-15-16-17-18-19-20-21-22-24-27(29)30-28(4,5)25-26(3)23-9-7-2/h15-16,26H,6-14,17-25H2,1-5H3/b16-15+. The Balaban J connectivity index is 3.54. The van der Waals surface area contributed by atoms with Gasteiger partial charge in [0.15, 0.2) is 0 Å². The second-order valence-corrected chi connectivity index (χ2v) is 10.0. The van der Waals surface area contributed by atoms with E-state index >= 15 is 0 Å². The summed E-state index contributed by atoms with van der Waals surface area (Å²) in [4.78, 5) is 12.2. The molecule has 0 rings (SSSR count). The van der Waals surface area contributed by atoms with Crippen LogP contribution in [0.15, 0.2) is 12.2 Å². The Hall–Kier alpha value is -0.790. The molecule has 0 aliphatic carbocycles. The lowest BCUT2D eigenvalue weighted by Crippen LogP contribution is -2.30. The van der Waals surface area contributed by atoms with Crippen LogP contribution in [0.2, 0.25) is 0 Å². The van der Waals surface area contributed by atoms with Crippen molar-refractivity contribution in [3.05, 3.63) is 12.2 Å². The van der Waals surface area contributed by atoms with E-state index in [1.807, 2.05) is 0 Å². The molecule has 0 aromatic rings. The molecule has 0 aromatic carbocycles. The van der Waals surface area contributed by atoms with E-state index in [2.05, 4.69) is 46.8 Å². The maximum absolute atomic E-state index is 12.2. The van der Waals surface area contributed by atoms with Crippen molar-refractivity contribution in [3.63, 3.8) is 0 Å². The number of hydrogen-bond donors (Lipinski definition) is 0. The minimum atomic E-state index is -0.327. The molecule has 1 unspecified atom stereocenters. The molecule has 0 aliphatic heterocycles. The van der Waals surface area contributed by atoms with E-state index in [0.29, 0.717) is 12.3 Å². The van der Waals surface area contributed by atoms with Crippen LogP contribution in [-0.4, -0.2) is 11.6 Å². The van der Waals surface area contributed by atoms with Gasteiger partial charge in [-0.15, -0.1) is 0 Å². The van der Waals surface area contributed by atoms with Gasteiger partial charge in [0, 0.05) is 6.42 Å². The van der Waals surface area contributed by atoms with Crippen molar-refractivity contribution in [1.29, 1.82) is 0 Å². The van der Waals surface area contributed by atoms with E-state index in [1.165, 1.54) is 89.9 Å². The lowest BCUT2D eigenvalue weighted by atomic mass is 9.91. The number of carbonyl (C=O) groups is 1. The summed E-state index contributed by atoms with van der Waals surface area (Å²) in [6, 6.07) is 0. The highest BCUT2D eigenvalue weighted by Gasteiger charge is 2.25. The minimum Gasteiger partial charge on any atom is -0.460 e. The first-order chi connectivity index (χ1) is 14.4. The van der Waals surface area contributed by atoms with Crippen LogP contribution in [0.4, 0.5) is 0 Å². The highest BCUT2D eigenvalue weighted by molar-refractivity contribution is 5.69. The van der Waals surface area contributed by atoms with E-state index in [-0.39, 0.29) is 11.6 Å². The van der Waals surface area contributed by atoms with Crippen molar-refractivity contribution in [3.8, 4) is 0 Å². The molecule has 2 nitrogen and oxygen atoms in total. The van der Waals surface area contributed by atoms with Gasteiger partial charge in [-0.2, -0.15) is 0 Å². The normalized spacial score (nSPS) is 13.1. The van der Waals surface area contributed by atoms with Gasteiger partial charge in [0.1, 0.15) is 5.60 Å². The van der Waals surface area contributed by atoms with Gasteiger partial charge in [-0.25, -0.2) is 0 Å². The fourth-order valence-electron chi connectivity index (χ4n) is 4.23. The van der Waals surface area contributed by atoms with Gasteiger partial charge < -0.3 is 4.74 Å². The fourth-order valence-corrected chi connectivity index (χ4v) is 4.23. The first-order valence-corrected chi connectivity index (χ1v) is 13.3. The first kappa shape index (κ1) is 29.2. The molecule has 0 saturated heterocycles. The van der Waals surface area contributed by atoms with E-state index < -0.39 is 0 Å². The third-order valence-corrected chi connectivity index (χ3v) is 5.92. The Bertz CT molecular complexity index is 411. The molecule has 0 heterocycles. The van der Waals surface area contributed by atoms with Gasteiger partial charge >= 0.3 is 5.97 Å². The summed E-state index contributed by atoms with van der Waals surface area (Å²) in [5, 5.41) is 0. The van der Waals surface area contributed by atoms with Crippen molar-refractivity contribution in [2.24, 2.45) is 5.92 Å². The van der Waals surface area contributed by atoms with Crippen molar-refractivity contribution < 1.29 is 9.53 Å². The summed E-state index contributed by atoms with van der Waals surface area (Å²) in [5.74, 6) is 0.605. The average molecular weight is 423 g/mol. The Morgan fingerprint density at radius 1 is 0.767 bits per heavy atom. The number of carbonyl (C=O) groups excluding carboxylic acids is 1. The number of hydrogen-bond acceptors (Lipinski definition) is 2. The van der Waals surface area contributed by atoms with Gasteiger partial charge in [0.2, 0.25) is 0 Å². The van der Waals surface area contributed by atoms with Crippen LogP contribution in [0, 0.1) is 5.92 Å². The van der Waals surface area contributed by atoms with Crippen LogP contribution in [-0.2, 0) is 9.53 Å². The topological polar surface area (TPSA) is 26.3 Å². The Labute approximate surface area is 189 Å². The minimum absolute atomic E-state index is 0.0136. The van der Waals surface area contributed by atoms with E-state index in [9.17, 15) is 4.79 Å². The number of allylic oxidation sites excluding steroid dienone is 2. The summed E-state index contributed by atoms with van der Waals surface area (Å²) in [6.07, 6.45) is 26.7. The zero-order chi connectivity index (χ0) is 22.5. The van der Waals surface area contributed by atoms with Crippen LogP contribution >= 0.6 is 0 Å². The smallest absolute Gasteiger partial charge is 0.306 e. The molecule has 0 fully saturated rings. The number of esters is 1. The third-order valence-electron chi connectivity index (χ3n) is 5.92. The molecule has 0 aliphatic rings. The van der Waals surface area contributed by atoms with Crippen molar-refractivity contribution >= 4 is 5.97 Å². The molecule has 0 spiro atoms. The lowest BCUT2D eigenvalue weighted by molar-refractivity contribution is -0.158. The zero-order valence-electron chi connectivity index (χ0n) is 21.3. The highest BCUT2D eigenvalue weighted by Crippen LogP contribution is 2.25. The van der Waals surface area contributed by atoms with Crippen LogP contribution in [0.3, 0.4) is 0 Å². The Morgan fingerprint density at radius 3 is 1.83 bits per heavy atom. The van der Waals surface area contributed by atoms with Gasteiger partial charge in [-0.3, -0.25) is 4.79 Å². The summed E-state index contributed by atoms with van der Waals surface area (Å²) in [5.41, 5.74) is -0.327. The summed E-state index contributed by atoms with van der Waals surface area (Å²) < 4.78 is 5.76. The van der Waals surface area contributed by atoms with E-state index in [1.54, 1.807) is 0 Å². The molecule has 0 N–H and O–H groups in total. The second-order valence-electron chi connectivity index (χ2n) is 10.0. The van der Waals surface area contributed by atoms with Crippen LogP contribution in [0.5, 0.6) is 0 Å². The number of ether oxygens (including phenoxy) is 1. The van der Waals surface area contributed by atoms with Crippen molar-refractivity contribution in [2.75, 3.05) is 0 Å². The molecular formula is C28H54O2. The monoisotopic (exact) mass is 422 g/mol. The van der Waals surface area contributed by atoms with Crippen LogP contribution in [0.1, 0.15) is 150 Å². The van der Waals surface area contributed by atoms with Gasteiger partial charge in [-0.05, 0) is 58.3 Å². The largest absolute Gasteiger partial charge is 0.460 e. The third kappa shape index (κ3) is 20.5. The molecule has 1 atom stereocenters. The molecule has 0 saturated carbocycles. The summed E-state index contributed by atoms with van der Waals surface area (Å²) >= 11 is 0. The fraction of sp³-hybridized carbons (Fsp3) is 0.893. The van der Waals surface area contributed by atoms with E-state index in [4.69, 9.17) is 4.74 Å².